The number of aliphatic hydroxyl groups excluding tert-OH is 1. The second kappa shape index (κ2) is 6.10. The van der Waals surface area contributed by atoms with Gasteiger partial charge in [-0.2, -0.15) is 0 Å². The van der Waals surface area contributed by atoms with Gasteiger partial charge in [-0.05, 0) is 50.5 Å². The molecule has 0 saturated carbocycles. The van der Waals surface area contributed by atoms with Crippen molar-refractivity contribution in [2.24, 2.45) is 0 Å². The lowest BCUT2D eigenvalue weighted by molar-refractivity contribution is 0.190. The molecule has 106 valence electrons. The molecule has 0 amide bonds. The van der Waals surface area contributed by atoms with E-state index in [0.29, 0.717) is 6.61 Å². The molecule has 0 unspecified atom stereocenters. The minimum absolute atomic E-state index is 0.522. The average molecular weight is 270 g/mol. The second-order valence-corrected chi connectivity index (χ2v) is 5.38. The number of benzene rings is 2. The Balaban J connectivity index is 2.22. The van der Waals surface area contributed by atoms with Gasteiger partial charge in [0.25, 0.3) is 0 Å². The van der Waals surface area contributed by atoms with Gasteiger partial charge in [-0.15, -0.1) is 0 Å². The summed E-state index contributed by atoms with van der Waals surface area (Å²) < 4.78 is 5.93. The molecule has 0 aliphatic carbocycles. The number of aliphatic hydroxyl groups is 1. The molecule has 2 nitrogen and oxygen atoms in total. The Morgan fingerprint density at radius 1 is 1.05 bits per heavy atom. The van der Waals surface area contributed by atoms with Crippen LogP contribution in [0.15, 0.2) is 36.4 Å². The van der Waals surface area contributed by atoms with Gasteiger partial charge in [-0.3, -0.25) is 0 Å². The topological polar surface area (TPSA) is 29.5 Å². The summed E-state index contributed by atoms with van der Waals surface area (Å²) in [6.45, 7) is 8.61. The summed E-state index contributed by atoms with van der Waals surface area (Å²) in [5.41, 5.74) is 5.81. The van der Waals surface area contributed by atoms with E-state index in [1.165, 1.54) is 22.3 Å². The number of rotatable bonds is 4. The third-order valence-corrected chi connectivity index (χ3v) is 3.58. The van der Waals surface area contributed by atoms with Crippen LogP contribution < -0.4 is 4.74 Å². The van der Waals surface area contributed by atoms with E-state index in [1.807, 2.05) is 24.3 Å². The van der Waals surface area contributed by atoms with Gasteiger partial charge in [-0.1, -0.05) is 35.9 Å². The van der Waals surface area contributed by atoms with E-state index < -0.39 is 6.10 Å². The maximum Gasteiger partial charge on any atom is 0.125 e. The highest BCUT2D eigenvalue weighted by Crippen LogP contribution is 2.26. The van der Waals surface area contributed by atoms with Gasteiger partial charge in [0.1, 0.15) is 12.4 Å². The summed E-state index contributed by atoms with van der Waals surface area (Å²) in [4.78, 5) is 0. The molecule has 0 saturated heterocycles. The molecule has 2 aromatic rings. The number of hydrogen-bond donors (Lipinski definition) is 1. The van der Waals surface area contributed by atoms with Crippen molar-refractivity contribution >= 4 is 0 Å². The average Bonchev–Trinajstić information content (AvgIpc) is 2.37. The fraction of sp³-hybridized carbons (Fsp3) is 0.333. The molecule has 0 heterocycles. The molecular formula is C18H22O2. The van der Waals surface area contributed by atoms with Crippen LogP contribution >= 0.6 is 0 Å². The molecular weight excluding hydrogens is 248 g/mol. The lowest BCUT2D eigenvalue weighted by Crippen LogP contribution is -2.04. The normalized spacial score (nSPS) is 12.2. The molecule has 0 radical (unpaired) electrons. The Labute approximate surface area is 121 Å². The minimum atomic E-state index is -0.522. The van der Waals surface area contributed by atoms with E-state index in [9.17, 15) is 5.11 Å². The highest BCUT2D eigenvalue weighted by atomic mass is 16.5. The smallest absolute Gasteiger partial charge is 0.125 e. The van der Waals surface area contributed by atoms with Crippen LogP contribution in [0.2, 0.25) is 0 Å². The maximum atomic E-state index is 9.77. The van der Waals surface area contributed by atoms with Crippen LogP contribution in [0.25, 0.3) is 0 Å². The first-order valence-corrected chi connectivity index (χ1v) is 6.95. The van der Waals surface area contributed by atoms with Crippen LogP contribution in [-0.4, -0.2) is 5.11 Å². The summed E-state index contributed by atoms with van der Waals surface area (Å²) in [6, 6.07) is 12.0. The maximum absolute atomic E-state index is 9.77. The summed E-state index contributed by atoms with van der Waals surface area (Å²) in [6.07, 6.45) is -0.522. The van der Waals surface area contributed by atoms with E-state index in [-0.39, 0.29) is 0 Å². The molecule has 1 atom stereocenters. The molecule has 0 aromatic heterocycles. The van der Waals surface area contributed by atoms with Gasteiger partial charge < -0.3 is 9.84 Å². The minimum Gasteiger partial charge on any atom is -0.489 e. The summed E-state index contributed by atoms with van der Waals surface area (Å²) in [5.74, 6) is 0.752. The first kappa shape index (κ1) is 14.6. The Bertz CT molecular complexity index is 577. The summed E-state index contributed by atoms with van der Waals surface area (Å²) in [5, 5.41) is 9.77. The molecule has 0 fully saturated rings. The van der Waals surface area contributed by atoms with E-state index in [2.05, 4.69) is 32.9 Å². The molecule has 2 rings (SSSR count). The Hall–Kier alpha value is -1.80. The van der Waals surface area contributed by atoms with Crippen molar-refractivity contribution < 1.29 is 9.84 Å². The van der Waals surface area contributed by atoms with Gasteiger partial charge in [-0.25, -0.2) is 0 Å². The van der Waals surface area contributed by atoms with Gasteiger partial charge in [0.05, 0.1) is 6.10 Å². The monoisotopic (exact) mass is 270 g/mol. The van der Waals surface area contributed by atoms with Crippen molar-refractivity contribution in [3.8, 4) is 5.75 Å². The van der Waals surface area contributed by atoms with Crippen LogP contribution in [0.4, 0.5) is 0 Å². The fourth-order valence-corrected chi connectivity index (χ4v) is 2.54. The molecule has 0 aliphatic rings. The van der Waals surface area contributed by atoms with E-state index >= 15 is 0 Å². The van der Waals surface area contributed by atoms with E-state index in [1.54, 1.807) is 6.92 Å². The predicted octanol–water partition coefficient (Wildman–Crippen LogP) is 4.24. The quantitative estimate of drug-likeness (QED) is 0.900. The zero-order chi connectivity index (χ0) is 14.7. The number of para-hydroxylation sites is 1. The molecule has 0 bridgehead atoms. The zero-order valence-electron chi connectivity index (χ0n) is 12.6. The first-order chi connectivity index (χ1) is 9.49. The number of ether oxygens (including phenoxy) is 1. The Morgan fingerprint density at radius 2 is 1.65 bits per heavy atom. The zero-order valence-corrected chi connectivity index (χ0v) is 12.6. The van der Waals surface area contributed by atoms with Crippen molar-refractivity contribution in [1.82, 2.24) is 0 Å². The largest absolute Gasteiger partial charge is 0.489 e. The van der Waals surface area contributed by atoms with Gasteiger partial charge >= 0.3 is 0 Å². The predicted molar refractivity (Wildman–Crippen MR) is 82.1 cm³/mol. The lowest BCUT2D eigenvalue weighted by atomic mass is 10.0. The van der Waals surface area contributed by atoms with E-state index in [4.69, 9.17) is 4.74 Å². The van der Waals surface area contributed by atoms with Crippen molar-refractivity contribution in [3.63, 3.8) is 0 Å². The third kappa shape index (κ3) is 3.20. The molecule has 20 heavy (non-hydrogen) atoms. The number of hydrogen-bond acceptors (Lipinski definition) is 2. The van der Waals surface area contributed by atoms with Crippen LogP contribution in [0.3, 0.4) is 0 Å². The third-order valence-electron chi connectivity index (χ3n) is 3.58. The van der Waals surface area contributed by atoms with Gasteiger partial charge in [0.2, 0.25) is 0 Å². The fourth-order valence-electron chi connectivity index (χ4n) is 2.54. The van der Waals surface area contributed by atoms with Crippen LogP contribution in [0, 0.1) is 20.8 Å². The first-order valence-electron chi connectivity index (χ1n) is 6.95. The van der Waals surface area contributed by atoms with Crippen LogP contribution in [0.1, 0.15) is 40.8 Å². The Morgan fingerprint density at radius 3 is 2.25 bits per heavy atom. The standard InChI is InChI=1S/C18H22O2/c1-12-9-13(2)17(14(3)10-12)11-20-18-8-6-5-7-16(18)15(4)19/h5-10,15,19H,11H2,1-4H3/t15-/m0/s1. The van der Waals surface area contributed by atoms with Crippen LogP contribution in [0.5, 0.6) is 5.75 Å². The molecule has 2 aromatic carbocycles. The SMILES string of the molecule is Cc1cc(C)c(COc2ccccc2[C@H](C)O)c(C)c1. The highest BCUT2D eigenvalue weighted by Gasteiger charge is 2.10. The molecule has 0 spiro atoms. The molecule has 2 heteroatoms. The van der Waals surface area contributed by atoms with Crippen molar-refractivity contribution in [1.29, 1.82) is 0 Å². The van der Waals surface area contributed by atoms with Crippen molar-refractivity contribution in [2.45, 2.75) is 40.4 Å². The van der Waals surface area contributed by atoms with Gasteiger partial charge in [0.15, 0.2) is 0 Å². The van der Waals surface area contributed by atoms with Crippen molar-refractivity contribution in [3.05, 3.63) is 64.2 Å². The van der Waals surface area contributed by atoms with E-state index in [0.717, 1.165) is 11.3 Å². The Kier molecular flexibility index (Phi) is 4.46. The summed E-state index contributed by atoms with van der Waals surface area (Å²) >= 11 is 0. The van der Waals surface area contributed by atoms with Crippen molar-refractivity contribution in [2.75, 3.05) is 0 Å². The molecule has 0 aliphatic heterocycles. The second-order valence-electron chi connectivity index (χ2n) is 5.38. The van der Waals surface area contributed by atoms with Crippen LogP contribution in [-0.2, 0) is 6.61 Å². The number of aryl methyl sites for hydroxylation is 3. The lowest BCUT2D eigenvalue weighted by Gasteiger charge is -2.16. The highest BCUT2D eigenvalue weighted by molar-refractivity contribution is 5.39. The molecule has 1 N–H and O–H groups in total. The van der Waals surface area contributed by atoms with Gasteiger partial charge in [0, 0.05) is 5.56 Å². The summed E-state index contributed by atoms with van der Waals surface area (Å²) in [7, 11) is 0.